The molecule has 6 N–H and O–H groups in total. The van der Waals surface area contributed by atoms with Gasteiger partial charge < -0.3 is 21.4 Å². The molecule has 0 spiro atoms. The Morgan fingerprint density at radius 2 is 1.87 bits per heavy atom. The van der Waals surface area contributed by atoms with Gasteiger partial charge in [-0.25, -0.2) is 4.98 Å². The second-order valence-corrected chi connectivity index (χ2v) is 10.5. The van der Waals surface area contributed by atoms with Gasteiger partial charge in [-0.05, 0) is 37.0 Å². The van der Waals surface area contributed by atoms with Crippen molar-refractivity contribution in [2.24, 2.45) is 11.1 Å². The average molecular weight is 514 g/mol. The van der Waals surface area contributed by atoms with Crippen LogP contribution >= 0.6 is 0 Å². The molecule has 1 saturated carbocycles. The quantitative estimate of drug-likeness (QED) is 0.260. The number of benzene rings is 2. The van der Waals surface area contributed by atoms with Gasteiger partial charge in [-0.15, -0.1) is 0 Å². The summed E-state index contributed by atoms with van der Waals surface area (Å²) in [4.78, 5) is 36.1. The van der Waals surface area contributed by atoms with E-state index in [1.165, 1.54) is 0 Å². The highest BCUT2D eigenvalue weighted by atomic mass is 16.2. The molecule has 0 bridgehead atoms. The summed E-state index contributed by atoms with van der Waals surface area (Å²) < 4.78 is 0. The molecule has 9 nitrogen and oxygen atoms in total. The molecular formula is C29H35N7O2. The zero-order valence-corrected chi connectivity index (χ0v) is 21.7. The van der Waals surface area contributed by atoms with E-state index in [2.05, 4.69) is 15.2 Å². The van der Waals surface area contributed by atoms with Gasteiger partial charge in [-0.1, -0.05) is 55.7 Å². The first-order valence-corrected chi connectivity index (χ1v) is 13.2. The molecule has 2 aromatic carbocycles. The lowest BCUT2D eigenvalue weighted by Crippen LogP contribution is -2.44. The predicted molar refractivity (Wildman–Crippen MR) is 148 cm³/mol. The van der Waals surface area contributed by atoms with Crippen molar-refractivity contribution in [3.05, 3.63) is 66.1 Å². The number of aromatic amines is 2. The number of carbonyl (C=O) groups excluding carboxylic acids is 2. The van der Waals surface area contributed by atoms with E-state index in [0.717, 1.165) is 47.0 Å². The van der Waals surface area contributed by atoms with E-state index in [0.29, 0.717) is 43.9 Å². The van der Waals surface area contributed by atoms with E-state index in [4.69, 9.17) is 16.5 Å². The number of hydrogen-bond acceptors (Lipinski definition) is 5. The fourth-order valence-electron chi connectivity index (χ4n) is 5.90. The maximum Gasteiger partial charge on any atom is 0.224 e. The first-order valence-electron chi connectivity index (χ1n) is 13.2. The van der Waals surface area contributed by atoms with Crippen molar-refractivity contribution in [2.75, 3.05) is 12.8 Å². The average Bonchev–Trinajstić information content (AvgIpc) is 3.56. The summed E-state index contributed by atoms with van der Waals surface area (Å²) in [5.41, 5.74) is 14.9. The lowest BCUT2D eigenvalue weighted by Gasteiger charge is -2.40. The molecule has 0 saturated heterocycles. The molecule has 1 atom stereocenters. The number of nitrogens with one attached hydrogen (secondary N) is 2. The zero-order chi connectivity index (χ0) is 26.7. The molecule has 198 valence electrons. The number of aromatic nitrogens is 4. The summed E-state index contributed by atoms with van der Waals surface area (Å²) in [6.07, 6.45) is 6.94. The van der Waals surface area contributed by atoms with Gasteiger partial charge in [-0.3, -0.25) is 14.7 Å². The van der Waals surface area contributed by atoms with Crippen molar-refractivity contribution in [3.63, 3.8) is 0 Å². The van der Waals surface area contributed by atoms with Crippen LogP contribution in [-0.2, 0) is 16.1 Å². The van der Waals surface area contributed by atoms with E-state index in [1.54, 1.807) is 11.1 Å². The first-order chi connectivity index (χ1) is 18.4. The fraction of sp³-hybridized carbons (Fsp3) is 0.379. The molecule has 9 heteroatoms. The number of nitrogens with zero attached hydrogens (tertiary/aromatic N) is 3. The molecule has 0 unspecified atom stereocenters. The Kier molecular flexibility index (Phi) is 7.18. The number of rotatable bonds is 9. The minimum absolute atomic E-state index is 0.0309. The SMILES string of the molecule is CN(Cc1ccccc1)C(=O)CC[C@H](c1ncc(-c2ccc3c(N)n[nH]c3c2)[nH]1)C1(C(N)=O)CCCCC1. The number of anilines is 1. The topological polar surface area (TPSA) is 147 Å². The summed E-state index contributed by atoms with van der Waals surface area (Å²) in [6.45, 7) is 0.538. The highest BCUT2D eigenvalue weighted by Gasteiger charge is 2.46. The number of imidazole rings is 1. The maximum atomic E-state index is 13.2. The largest absolute Gasteiger partial charge is 0.382 e. The van der Waals surface area contributed by atoms with E-state index in [1.807, 2.05) is 55.6 Å². The molecule has 2 heterocycles. The standard InChI is InChI=1S/C29H35N7O2/c1-36(18-19-8-4-2-5-9-19)25(37)13-12-22(29(28(31)38)14-6-3-7-15-29)27-32-17-24(33-27)20-10-11-21-23(16-20)34-35-26(21)30/h2,4-5,8-11,16-17,22H,3,6-7,12-15,18H2,1H3,(H2,31,38)(H,32,33)(H3,30,34,35)/t22-/m1/s1. The van der Waals surface area contributed by atoms with Crippen molar-refractivity contribution in [1.82, 2.24) is 25.1 Å². The minimum atomic E-state index is -0.729. The number of primary amides is 1. The van der Waals surface area contributed by atoms with E-state index < -0.39 is 5.41 Å². The van der Waals surface area contributed by atoms with Crippen LogP contribution in [0.15, 0.2) is 54.7 Å². The van der Waals surface area contributed by atoms with Gasteiger partial charge >= 0.3 is 0 Å². The Morgan fingerprint density at radius 3 is 2.61 bits per heavy atom. The Bertz CT molecular complexity index is 1420. The second-order valence-electron chi connectivity index (χ2n) is 10.5. The van der Waals surface area contributed by atoms with Crippen molar-refractivity contribution in [2.45, 2.75) is 57.4 Å². The maximum absolute atomic E-state index is 13.2. The van der Waals surface area contributed by atoms with Crippen molar-refractivity contribution < 1.29 is 9.59 Å². The van der Waals surface area contributed by atoms with Crippen molar-refractivity contribution in [1.29, 1.82) is 0 Å². The summed E-state index contributed by atoms with van der Waals surface area (Å²) in [7, 11) is 1.82. The normalized spacial score (nSPS) is 15.8. The second kappa shape index (κ2) is 10.7. The lowest BCUT2D eigenvalue weighted by molar-refractivity contribution is -0.134. The Morgan fingerprint density at radius 1 is 1.11 bits per heavy atom. The first kappa shape index (κ1) is 25.5. The molecule has 4 aromatic rings. The van der Waals surface area contributed by atoms with E-state index in [9.17, 15) is 9.59 Å². The molecule has 38 heavy (non-hydrogen) atoms. The molecular weight excluding hydrogens is 478 g/mol. The third-order valence-corrected chi connectivity index (χ3v) is 8.07. The van der Waals surface area contributed by atoms with Crippen LogP contribution in [0.25, 0.3) is 22.2 Å². The van der Waals surface area contributed by atoms with Gasteiger partial charge in [0.15, 0.2) is 5.82 Å². The lowest BCUT2D eigenvalue weighted by atomic mass is 9.63. The zero-order valence-electron chi connectivity index (χ0n) is 21.7. The summed E-state index contributed by atoms with van der Waals surface area (Å²) >= 11 is 0. The monoisotopic (exact) mass is 513 g/mol. The molecule has 0 radical (unpaired) electrons. The Labute approximate surface area is 222 Å². The number of amides is 2. The van der Waals surface area contributed by atoms with Crippen LogP contribution < -0.4 is 11.5 Å². The highest BCUT2D eigenvalue weighted by Crippen LogP contribution is 2.49. The molecule has 2 aromatic heterocycles. The Balaban J connectivity index is 1.41. The molecule has 1 fully saturated rings. The van der Waals surface area contributed by atoms with Gasteiger partial charge in [0, 0.05) is 36.9 Å². The van der Waals surface area contributed by atoms with Crippen LogP contribution in [0, 0.1) is 5.41 Å². The van der Waals surface area contributed by atoms with Crippen molar-refractivity contribution >= 4 is 28.5 Å². The number of nitrogens with two attached hydrogens (primary N) is 2. The third kappa shape index (κ3) is 5.01. The molecule has 0 aliphatic heterocycles. The predicted octanol–water partition coefficient (Wildman–Crippen LogP) is 4.49. The molecule has 5 rings (SSSR count). The smallest absolute Gasteiger partial charge is 0.224 e. The number of carbonyl (C=O) groups is 2. The van der Waals surface area contributed by atoms with Crippen LogP contribution in [0.2, 0.25) is 0 Å². The van der Waals surface area contributed by atoms with E-state index in [-0.39, 0.29) is 17.7 Å². The van der Waals surface area contributed by atoms with Crippen LogP contribution in [0.3, 0.4) is 0 Å². The molecule has 1 aliphatic carbocycles. The minimum Gasteiger partial charge on any atom is -0.382 e. The van der Waals surface area contributed by atoms with Gasteiger partial charge in [0.05, 0.1) is 22.8 Å². The van der Waals surface area contributed by atoms with Crippen molar-refractivity contribution in [3.8, 4) is 11.3 Å². The number of nitrogen functional groups attached to an aromatic ring is 1. The van der Waals surface area contributed by atoms with Gasteiger partial charge in [0.1, 0.15) is 5.82 Å². The molecule has 2 amide bonds. The van der Waals surface area contributed by atoms with Gasteiger partial charge in [0.25, 0.3) is 0 Å². The van der Waals surface area contributed by atoms with Crippen LogP contribution in [-0.4, -0.2) is 43.9 Å². The summed E-state index contributed by atoms with van der Waals surface area (Å²) in [5.74, 6) is 0.598. The summed E-state index contributed by atoms with van der Waals surface area (Å²) in [5, 5.41) is 7.88. The number of H-pyrrole nitrogens is 2. The van der Waals surface area contributed by atoms with Crippen LogP contribution in [0.5, 0.6) is 0 Å². The third-order valence-electron chi connectivity index (χ3n) is 8.07. The van der Waals surface area contributed by atoms with E-state index >= 15 is 0 Å². The Hall–Kier alpha value is -4.14. The highest BCUT2D eigenvalue weighted by molar-refractivity contribution is 5.91. The van der Waals surface area contributed by atoms with Crippen LogP contribution in [0.1, 0.15) is 62.3 Å². The molecule has 1 aliphatic rings. The fourth-order valence-corrected chi connectivity index (χ4v) is 5.90. The number of fused-ring (bicyclic) bond motifs is 1. The number of hydrogen-bond donors (Lipinski definition) is 4. The van der Waals surface area contributed by atoms with Crippen LogP contribution in [0.4, 0.5) is 5.82 Å². The van der Waals surface area contributed by atoms with Gasteiger partial charge in [-0.2, -0.15) is 5.10 Å². The summed E-state index contributed by atoms with van der Waals surface area (Å²) in [6, 6.07) is 15.8. The van der Waals surface area contributed by atoms with Gasteiger partial charge in [0.2, 0.25) is 11.8 Å².